The van der Waals surface area contributed by atoms with E-state index >= 15 is 0 Å². The topological polar surface area (TPSA) is 28.0 Å². The van der Waals surface area contributed by atoms with Crippen molar-refractivity contribution < 1.29 is 0 Å². The van der Waals surface area contributed by atoms with Gasteiger partial charge in [0.25, 0.3) is 0 Å². The van der Waals surface area contributed by atoms with Gasteiger partial charge >= 0.3 is 0 Å². The number of fused-ring (bicyclic) bond motifs is 3. The lowest BCUT2D eigenvalue weighted by atomic mass is 10.0. The van der Waals surface area contributed by atoms with Gasteiger partial charge in [-0.25, -0.2) is 5.01 Å². The predicted octanol–water partition coefficient (Wildman–Crippen LogP) is 3.14. The summed E-state index contributed by atoms with van der Waals surface area (Å²) in [5, 5.41) is 6.57. The predicted molar refractivity (Wildman–Crippen MR) is 81.7 cm³/mol. The molecule has 96 valence electrons. The summed E-state index contributed by atoms with van der Waals surface area (Å²) in [7, 11) is 0. The number of rotatable bonds is 1. The van der Waals surface area contributed by atoms with E-state index in [1.54, 1.807) is 0 Å². The monoisotopic (exact) mass is 259 g/mol. The highest BCUT2D eigenvalue weighted by molar-refractivity contribution is 6.11. The largest absolute Gasteiger partial charge is 0.260 e. The first-order chi connectivity index (χ1) is 9.92. The molecule has 0 saturated carbocycles. The lowest BCUT2D eigenvalue weighted by Gasteiger charge is -2.27. The van der Waals surface area contributed by atoms with Crippen LogP contribution >= 0.6 is 0 Å². The van der Waals surface area contributed by atoms with Crippen molar-refractivity contribution >= 4 is 17.6 Å². The maximum atomic E-state index is 4.71. The Bertz CT molecular complexity index is 742. The average molecular weight is 259 g/mol. The van der Waals surface area contributed by atoms with E-state index < -0.39 is 0 Å². The number of amidine groups is 1. The summed E-state index contributed by atoms with van der Waals surface area (Å²) in [5.41, 5.74) is 4.47. The summed E-state index contributed by atoms with van der Waals surface area (Å²) < 4.78 is 0. The van der Waals surface area contributed by atoms with Gasteiger partial charge in [-0.15, -0.1) is 0 Å². The number of aliphatic imine (C=N–C) groups is 1. The first kappa shape index (κ1) is 11.2. The van der Waals surface area contributed by atoms with Gasteiger partial charge in [-0.3, -0.25) is 4.99 Å². The van der Waals surface area contributed by atoms with E-state index in [0.717, 1.165) is 22.7 Å². The van der Waals surface area contributed by atoms with Gasteiger partial charge in [0.1, 0.15) is 0 Å². The summed E-state index contributed by atoms with van der Waals surface area (Å²) in [6.45, 7) is 0.623. The van der Waals surface area contributed by atoms with E-state index in [0.29, 0.717) is 6.54 Å². The molecule has 0 saturated heterocycles. The molecule has 0 spiro atoms. The Kier molecular flexibility index (Phi) is 2.49. The molecule has 0 radical (unpaired) electrons. The third-order valence-electron chi connectivity index (χ3n) is 3.53. The fourth-order valence-corrected chi connectivity index (χ4v) is 2.52. The molecule has 2 aliphatic heterocycles. The summed E-state index contributed by atoms with van der Waals surface area (Å²) in [4.78, 5) is 4.71. The van der Waals surface area contributed by atoms with E-state index in [2.05, 4.69) is 30.3 Å². The number of hydrogen-bond donors (Lipinski definition) is 0. The molecule has 2 aliphatic rings. The number of hydrogen-bond acceptors (Lipinski definition) is 3. The molecule has 0 fully saturated rings. The fourth-order valence-electron chi connectivity index (χ4n) is 2.52. The Morgan fingerprint density at radius 1 is 0.900 bits per heavy atom. The minimum atomic E-state index is 0.623. The van der Waals surface area contributed by atoms with Crippen LogP contribution in [0.3, 0.4) is 0 Å². The minimum Gasteiger partial charge on any atom is -0.260 e. The van der Waals surface area contributed by atoms with E-state index in [1.165, 1.54) is 5.56 Å². The van der Waals surface area contributed by atoms with Crippen LogP contribution in [0.15, 0.2) is 70.9 Å². The van der Waals surface area contributed by atoms with Crippen molar-refractivity contribution in [2.24, 2.45) is 10.1 Å². The maximum absolute atomic E-state index is 4.71. The molecule has 0 amide bonds. The SMILES string of the molecule is C1=CN2N=C(c3ccccc3)CN=C2c2ccccc21. The molecular formula is C17H13N3. The third-order valence-corrected chi connectivity index (χ3v) is 3.53. The Labute approximate surface area is 117 Å². The van der Waals surface area contributed by atoms with E-state index in [-0.39, 0.29) is 0 Å². The van der Waals surface area contributed by atoms with Gasteiger partial charge in [0.05, 0.1) is 12.3 Å². The molecule has 0 atom stereocenters. The van der Waals surface area contributed by atoms with Crippen LogP contribution in [0.2, 0.25) is 0 Å². The zero-order chi connectivity index (χ0) is 13.4. The van der Waals surface area contributed by atoms with Crippen molar-refractivity contribution in [2.45, 2.75) is 0 Å². The highest BCUT2D eigenvalue weighted by Gasteiger charge is 2.22. The molecule has 3 nitrogen and oxygen atoms in total. The highest BCUT2D eigenvalue weighted by atomic mass is 15.5. The van der Waals surface area contributed by atoms with Crippen LogP contribution < -0.4 is 0 Å². The zero-order valence-corrected chi connectivity index (χ0v) is 10.9. The Morgan fingerprint density at radius 2 is 1.70 bits per heavy atom. The molecule has 3 heteroatoms. The van der Waals surface area contributed by atoms with Crippen molar-refractivity contribution in [1.82, 2.24) is 5.01 Å². The molecule has 2 aromatic carbocycles. The van der Waals surface area contributed by atoms with Gasteiger partial charge in [0.15, 0.2) is 5.84 Å². The van der Waals surface area contributed by atoms with Crippen LogP contribution in [0.5, 0.6) is 0 Å². The Morgan fingerprint density at radius 3 is 2.60 bits per heavy atom. The van der Waals surface area contributed by atoms with Gasteiger partial charge in [-0.2, -0.15) is 5.10 Å². The van der Waals surface area contributed by atoms with Gasteiger partial charge in [0.2, 0.25) is 0 Å². The van der Waals surface area contributed by atoms with E-state index in [1.807, 2.05) is 41.5 Å². The van der Waals surface area contributed by atoms with Crippen molar-refractivity contribution in [3.8, 4) is 0 Å². The molecule has 4 rings (SSSR count). The van der Waals surface area contributed by atoms with Crippen LogP contribution in [-0.4, -0.2) is 23.1 Å². The third kappa shape index (κ3) is 1.75. The number of benzene rings is 2. The average Bonchev–Trinajstić information content (AvgIpc) is 2.55. The molecule has 0 aliphatic carbocycles. The van der Waals surface area contributed by atoms with Crippen molar-refractivity contribution in [2.75, 3.05) is 6.54 Å². The molecule has 0 aromatic heterocycles. The van der Waals surface area contributed by atoms with Gasteiger partial charge in [-0.1, -0.05) is 54.6 Å². The lowest BCUT2D eigenvalue weighted by molar-refractivity contribution is 0.589. The molecule has 20 heavy (non-hydrogen) atoms. The normalized spacial score (nSPS) is 16.1. The van der Waals surface area contributed by atoms with Crippen LogP contribution in [-0.2, 0) is 0 Å². The summed E-state index contributed by atoms with van der Waals surface area (Å²) in [5.74, 6) is 0.933. The summed E-state index contributed by atoms with van der Waals surface area (Å²) in [6, 6.07) is 18.5. The summed E-state index contributed by atoms with van der Waals surface area (Å²) in [6.07, 6.45) is 4.05. The molecule has 0 N–H and O–H groups in total. The number of hydrazone groups is 1. The Hall–Kier alpha value is -2.68. The minimum absolute atomic E-state index is 0.623. The first-order valence-electron chi connectivity index (χ1n) is 6.66. The standard InChI is InChI=1S/C17H13N3/c1-2-7-14(8-3-1)16-12-18-17-15-9-5-4-6-13(15)10-11-20(17)19-16/h1-11H,12H2. The molecular weight excluding hydrogens is 246 g/mol. The second-order valence-corrected chi connectivity index (χ2v) is 4.80. The zero-order valence-electron chi connectivity index (χ0n) is 10.9. The molecule has 2 aromatic rings. The van der Waals surface area contributed by atoms with Crippen LogP contribution in [0.4, 0.5) is 0 Å². The van der Waals surface area contributed by atoms with Crippen LogP contribution in [0, 0.1) is 0 Å². The lowest BCUT2D eigenvalue weighted by Crippen LogP contribution is -2.31. The van der Waals surface area contributed by atoms with Crippen molar-refractivity contribution in [1.29, 1.82) is 0 Å². The number of nitrogens with zero attached hydrogens (tertiary/aromatic N) is 3. The van der Waals surface area contributed by atoms with Gasteiger partial charge < -0.3 is 0 Å². The first-order valence-corrected chi connectivity index (χ1v) is 6.66. The van der Waals surface area contributed by atoms with Gasteiger partial charge in [0, 0.05) is 11.8 Å². The van der Waals surface area contributed by atoms with E-state index in [4.69, 9.17) is 10.1 Å². The van der Waals surface area contributed by atoms with Gasteiger partial charge in [-0.05, 0) is 17.2 Å². The quantitative estimate of drug-likeness (QED) is 0.773. The maximum Gasteiger partial charge on any atom is 0.157 e. The van der Waals surface area contributed by atoms with Crippen LogP contribution in [0.1, 0.15) is 16.7 Å². The van der Waals surface area contributed by atoms with Crippen molar-refractivity contribution in [3.63, 3.8) is 0 Å². The fraction of sp³-hybridized carbons (Fsp3) is 0.0588. The molecule has 0 bridgehead atoms. The summed E-state index contributed by atoms with van der Waals surface area (Å²) >= 11 is 0. The smallest absolute Gasteiger partial charge is 0.157 e. The highest BCUT2D eigenvalue weighted by Crippen LogP contribution is 2.23. The Balaban J connectivity index is 1.74. The second-order valence-electron chi connectivity index (χ2n) is 4.80. The second kappa shape index (κ2) is 4.46. The molecule has 0 unspecified atom stereocenters. The van der Waals surface area contributed by atoms with Crippen LogP contribution in [0.25, 0.3) is 6.08 Å². The molecule has 2 heterocycles. The van der Waals surface area contributed by atoms with E-state index in [9.17, 15) is 0 Å². The van der Waals surface area contributed by atoms with Crippen molar-refractivity contribution in [3.05, 3.63) is 77.5 Å².